The van der Waals surface area contributed by atoms with Gasteiger partial charge in [-0.25, -0.2) is 0 Å². The van der Waals surface area contributed by atoms with E-state index in [1.165, 1.54) is 10.8 Å². The van der Waals surface area contributed by atoms with Crippen LogP contribution in [0.4, 0.5) is 0 Å². The third kappa shape index (κ3) is 4.33. The van der Waals surface area contributed by atoms with Gasteiger partial charge in [0, 0.05) is 24.7 Å². The van der Waals surface area contributed by atoms with Crippen LogP contribution in [0.5, 0.6) is 0 Å². The number of likely N-dealkylation sites (N-methyl/N-ethyl adjacent to an activating group) is 1. The van der Waals surface area contributed by atoms with Crippen molar-refractivity contribution in [3.8, 4) is 0 Å². The minimum Gasteiger partial charge on any atom is -0.376 e. The second kappa shape index (κ2) is 6.84. The molecule has 1 amide bonds. The first-order chi connectivity index (χ1) is 10.8. The fourth-order valence-electron chi connectivity index (χ4n) is 2.38. The van der Waals surface area contributed by atoms with Crippen LogP contribution >= 0.6 is 0 Å². The highest BCUT2D eigenvalue weighted by Crippen LogP contribution is 2.17. The molecule has 0 aliphatic heterocycles. The molecule has 0 unspecified atom stereocenters. The summed E-state index contributed by atoms with van der Waals surface area (Å²) in [6.45, 7) is 7.68. The normalized spacial score (nSPS) is 12.7. The van der Waals surface area contributed by atoms with Gasteiger partial charge in [0.05, 0.1) is 0 Å². The highest BCUT2D eigenvalue weighted by molar-refractivity contribution is 5.84. The van der Waals surface area contributed by atoms with Crippen LogP contribution in [0.2, 0.25) is 0 Å². The summed E-state index contributed by atoms with van der Waals surface area (Å²) in [5, 5.41) is 8.22. The van der Waals surface area contributed by atoms with E-state index in [-0.39, 0.29) is 5.91 Å². The SMILES string of the molecule is C=C(N[C@H](Cc1ccc2ccccc2c1)C(=O)NC)C(C)(C)N. The molecule has 0 saturated carbocycles. The Balaban J connectivity index is 2.22. The van der Waals surface area contributed by atoms with Crippen LogP contribution in [0.15, 0.2) is 54.7 Å². The Morgan fingerprint density at radius 1 is 1.22 bits per heavy atom. The van der Waals surface area contributed by atoms with Crippen LogP contribution in [0.25, 0.3) is 10.8 Å². The van der Waals surface area contributed by atoms with Gasteiger partial charge in [-0.2, -0.15) is 0 Å². The van der Waals surface area contributed by atoms with E-state index in [2.05, 4.69) is 47.5 Å². The number of hydrogen-bond donors (Lipinski definition) is 3. The summed E-state index contributed by atoms with van der Waals surface area (Å²) < 4.78 is 0. The average Bonchev–Trinajstić information content (AvgIpc) is 2.52. The van der Waals surface area contributed by atoms with Crippen LogP contribution < -0.4 is 16.4 Å². The molecule has 1 atom stereocenters. The Hall–Kier alpha value is -2.33. The maximum Gasteiger partial charge on any atom is 0.242 e. The largest absolute Gasteiger partial charge is 0.376 e. The molecule has 2 rings (SSSR count). The van der Waals surface area contributed by atoms with Crippen molar-refractivity contribution in [1.82, 2.24) is 10.6 Å². The van der Waals surface area contributed by atoms with Crippen molar-refractivity contribution < 1.29 is 4.79 Å². The van der Waals surface area contributed by atoms with Gasteiger partial charge in [-0.15, -0.1) is 0 Å². The number of hydrogen-bond acceptors (Lipinski definition) is 3. The van der Waals surface area contributed by atoms with E-state index in [1.54, 1.807) is 7.05 Å². The highest BCUT2D eigenvalue weighted by Gasteiger charge is 2.23. The molecule has 0 bridgehead atoms. The number of nitrogens with one attached hydrogen (secondary N) is 2. The van der Waals surface area contributed by atoms with Crippen LogP contribution in [0.1, 0.15) is 19.4 Å². The first-order valence-electron chi connectivity index (χ1n) is 7.75. The van der Waals surface area contributed by atoms with E-state index in [0.29, 0.717) is 12.1 Å². The molecule has 0 fully saturated rings. The number of benzene rings is 2. The van der Waals surface area contributed by atoms with Gasteiger partial charge in [0.25, 0.3) is 0 Å². The summed E-state index contributed by atoms with van der Waals surface area (Å²) in [6.07, 6.45) is 0.569. The summed E-state index contributed by atoms with van der Waals surface area (Å²) in [5.74, 6) is -0.0800. The summed E-state index contributed by atoms with van der Waals surface area (Å²) in [4.78, 5) is 12.2. The monoisotopic (exact) mass is 311 g/mol. The summed E-state index contributed by atoms with van der Waals surface area (Å²) in [5.41, 5.74) is 7.19. The van der Waals surface area contributed by atoms with E-state index in [4.69, 9.17) is 5.73 Å². The fourth-order valence-corrected chi connectivity index (χ4v) is 2.38. The van der Waals surface area contributed by atoms with E-state index in [1.807, 2.05) is 26.0 Å². The number of fused-ring (bicyclic) bond motifs is 1. The smallest absolute Gasteiger partial charge is 0.242 e. The van der Waals surface area contributed by atoms with Crippen molar-refractivity contribution in [1.29, 1.82) is 0 Å². The van der Waals surface area contributed by atoms with Gasteiger partial charge in [-0.1, -0.05) is 49.0 Å². The molecule has 2 aromatic rings. The molecule has 23 heavy (non-hydrogen) atoms. The molecule has 0 aliphatic carbocycles. The Morgan fingerprint density at radius 2 is 1.87 bits per heavy atom. The Kier molecular flexibility index (Phi) is 5.06. The number of amides is 1. The second-order valence-electron chi connectivity index (χ2n) is 6.40. The molecule has 0 aliphatic rings. The third-order valence-corrected chi connectivity index (χ3v) is 3.94. The maximum absolute atomic E-state index is 12.2. The van der Waals surface area contributed by atoms with Gasteiger partial charge in [-0.05, 0) is 30.2 Å². The standard InChI is InChI=1S/C19H25N3O/c1-13(19(2,3)20)22-17(18(23)21-4)12-14-9-10-15-7-5-6-8-16(15)11-14/h5-11,17,22H,1,12,20H2,2-4H3,(H,21,23)/t17-/m1/s1. The van der Waals surface area contributed by atoms with Gasteiger partial charge < -0.3 is 16.4 Å². The lowest BCUT2D eigenvalue weighted by Crippen LogP contribution is -2.49. The first kappa shape index (κ1) is 17.0. The van der Waals surface area contributed by atoms with Crippen LogP contribution in [-0.2, 0) is 11.2 Å². The number of carbonyl (C=O) groups is 1. The topological polar surface area (TPSA) is 67.2 Å². The minimum atomic E-state index is -0.588. The van der Waals surface area contributed by atoms with Crippen molar-refractivity contribution in [2.24, 2.45) is 5.73 Å². The van der Waals surface area contributed by atoms with Gasteiger partial charge in [0.1, 0.15) is 6.04 Å². The molecule has 0 spiro atoms. The van der Waals surface area contributed by atoms with E-state index in [9.17, 15) is 4.79 Å². The highest BCUT2D eigenvalue weighted by atomic mass is 16.2. The molecule has 122 valence electrons. The number of nitrogens with two attached hydrogens (primary N) is 1. The average molecular weight is 311 g/mol. The molecular formula is C19H25N3O. The van der Waals surface area contributed by atoms with Gasteiger partial charge >= 0.3 is 0 Å². The van der Waals surface area contributed by atoms with Gasteiger partial charge in [0.2, 0.25) is 5.91 Å². The van der Waals surface area contributed by atoms with Crippen LogP contribution in [-0.4, -0.2) is 24.5 Å². The molecule has 4 nitrogen and oxygen atoms in total. The van der Waals surface area contributed by atoms with E-state index >= 15 is 0 Å². The third-order valence-electron chi connectivity index (χ3n) is 3.94. The lowest BCUT2D eigenvalue weighted by molar-refractivity contribution is -0.122. The summed E-state index contributed by atoms with van der Waals surface area (Å²) in [7, 11) is 1.63. The lowest BCUT2D eigenvalue weighted by atomic mass is 9.98. The molecule has 0 radical (unpaired) electrons. The molecule has 0 aromatic heterocycles. The molecule has 0 heterocycles. The predicted molar refractivity (Wildman–Crippen MR) is 96.0 cm³/mol. The van der Waals surface area contributed by atoms with E-state index in [0.717, 1.165) is 5.56 Å². The first-order valence-corrected chi connectivity index (χ1v) is 7.75. The van der Waals surface area contributed by atoms with Gasteiger partial charge in [-0.3, -0.25) is 4.79 Å². The van der Waals surface area contributed by atoms with Gasteiger partial charge in [0.15, 0.2) is 0 Å². The Morgan fingerprint density at radius 3 is 2.48 bits per heavy atom. The van der Waals surface area contributed by atoms with Crippen molar-refractivity contribution in [3.05, 3.63) is 60.3 Å². The quantitative estimate of drug-likeness (QED) is 0.767. The van der Waals surface area contributed by atoms with Crippen molar-refractivity contribution in [3.63, 3.8) is 0 Å². The Bertz CT molecular complexity index is 716. The zero-order valence-electron chi connectivity index (χ0n) is 14.0. The predicted octanol–water partition coefficient (Wildman–Crippen LogP) is 2.34. The zero-order chi connectivity index (χ0) is 17.0. The number of carbonyl (C=O) groups excluding carboxylic acids is 1. The fraction of sp³-hybridized carbons (Fsp3) is 0.316. The molecule has 4 heteroatoms. The second-order valence-corrected chi connectivity index (χ2v) is 6.40. The van der Waals surface area contributed by atoms with Crippen LogP contribution in [0, 0.1) is 0 Å². The number of rotatable bonds is 6. The molecule has 2 aromatic carbocycles. The van der Waals surface area contributed by atoms with Crippen LogP contribution in [0.3, 0.4) is 0 Å². The Labute approximate surface area is 137 Å². The summed E-state index contributed by atoms with van der Waals surface area (Å²) >= 11 is 0. The summed E-state index contributed by atoms with van der Waals surface area (Å²) in [6, 6.07) is 14.0. The molecular weight excluding hydrogens is 286 g/mol. The van der Waals surface area contributed by atoms with Crippen molar-refractivity contribution in [2.75, 3.05) is 7.05 Å². The molecule has 0 saturated heterocycles. The zero-order valence-corrected chi connectivity index (χ0v) is 14.0. The lowest BCUT2D eigenvalue weighted by Gasteiger charge is -2.28. The maximum atomic E-state index is 12.2. The van der Waals surface area contributed by atoms with E-state index < -0.39 is 11.6 Å². The minimum absolute atomic E-state index is 0.0800. The van der Waals surface area contributed by atoms with Crippen molar-refractivity contribution in [2.45, 2.75) is 31.8 Å². The molecule has 4 N–H and O–H groups in total. The van der Waals surface area contributed by atoms with Crippen molar-refractivity contribution >= 4 is 16.7 Å².